The van der Waals surface area contributed by atoms with Crippen molar-refractivity contribution < 1.29 is 34.4 Å². The van der Waals surface area contributed by atoms with Gasteiger partial charge in [-0.05, 0) is 12.8 Å². The zero-order valence-electron chi connectivity index (χ0n) is 13.0. The summed E-state index contributed by atoms with van der Waals surface area (Å²) in [5.41, 5.74) is 0. The first kappa shape index (κ1) is 18.1. The van der Waals surface area contributed by atoms with Crippen molar-refractivity contribution in [1.82, 2.24) is 10.6 Å². The van der Waals surface area contributed by atoms with Gasteiger partial charge in [-0.1, -0.05) is 0 Å². The van der Waals surface area contributed by atoms with Gasteiger partial charge in [0.05, 0.1) is 0 Å². The summed E-state index contributed by atoms with van der Waals surface area (Å²) in [6.07, 6.45) is -3.90. The van der Waals surface area contributed by atoms with Crippen LogP contribution in [0.5, 0.6) is 0 Å². The van der Waals surface area contributed by atoms with Crippen LogP contribution < -0.4 is 10.6 Å². The number of amides is 2. The molecule has 23 heavy (non-hydrogen) atoms. The Morgan fingerprint density at radius 1 is 1.13 bits per heavy atom. The Morgan fingerprint density at radius 3 is 2.39 bits per heavy atom. The summed E-state index contributed by atoms with van der Waals surface area (Å²) in [5, 5.41) is 34.9. The number of nitrogens with one attached hydrogen (secondary N) is 2. The van der Waals surface area contributed by atoms with Crippen LogP contribution in [0.1, 0.15) is 19.8 Å². The van der Waals surface area contributed by atoms with Gasteiger partial charge in [-0.25, -0.2) is 0 Å². The summed E-state index contributed by atoms with van der Waals surface area (Å²) < 4.78 is 10.4. The fourth-order valence-electron chi connectivity index (χ4n) is 2.81. The van der Waals surface area contributed by atoms with Crippen molar-refractivity contribution >= 4 is 11.8 Å². The number of hydrogen-bond acceptors (Lipinski definition) is 7. The van der Waals surface area contributed by atoms with Crippen LogP contribution in [-0.4, -0.2) is 77.5 Å². The maximum Gasteiger partial charge on any atom is 0.223 e. The van der Waals surface area contributed by atoms with Crippen molar-refractivity contribution in [2.75, 3.05) is 19.8 Å². The highest BCUT2D eigenvalue weighted by atomic mass is 16.6. The SMILES string of the molecule is CC(=O)N[C@@H]1C(O)[C@@H](O)[C@@H](CNC(=O)C2CCOCC2)O[C@H]1O. The molecule has 2 fully saturated rings. The maximum absolute atomic E-state index is 12.0. The molecule has 0 spiro atoms. The molecule has 2 aliphatic rings. The molecule has 2 rings (SSSR count). The fraction of sp³-hybridized carbons (Fsp3) is 0.857. The lowest BCUT2D eigenvalue weighted by atomic mass is 9.96. The highest BCUT2D eigenvalue weighted by Crippen LogP contribution is 2.20. The predicted octanol–water partition coefficient (Wildman–Crippen LogP) is -2.53. The smallest absolute Gasteiger partial charge is 0.223 e. The molecule has 2 amide bonds. The Hall–Kier alpha value is -1.26. The van der Waals surface area contributed by atoms with E-state index in [0.717, 1.165) is 0 Å². The average molecular weight is 332 g/mol. The number of hydrogen-bond donors (Lipinski definition) is 5. The first-order valence-electron chi connectivity index (χ1n) is 7.72. The lowest BCUT2D eigenvalue weighted by molar-refractivity contribution is -0.245. The Bertz CT molecular complexity index is 427. The van der Waals surface area contributed by atoms with Gasteiger partial charge in [0.25, 0.3) is 0 Å². The number of rotatable bonds is 4. The molecule has 0 radical (unpaired) electrons. The van der Waals surface area contributed by atoms with Crippen LogP contribution in [0.4, 0.5) is 0 Å². The second-order valence-corrected chi connectivity index (χ2v) is 5.90. The molecule has 9 heteroatoms. The molecule has 2 heterocycles. The third-order valence-corrected chi connectivity index (χ3v) is 4.16. The predicted molar refractivity (Wildman–Crippen MR) is 77.1 cm³/mol. The van der Waals surface area contributed by atoms with E-state index in [4.69, 9.17) is 9.47 Å². The van der Waals surface area contributed by atoms with Crippen LogP contribution in [0.15, 0.2) is 0 Å². The minimum Gasteiger partial charge on any atom is -0.388 e. The zero-order chi connectivity index (χ0) is 17.0. The van der Waals surface area contributed by atoms with Crippen LogP contribution >= 0.6 is 0 Å². The van der Waals surface area contributed by atoms with E-state index in [9.17, 15) is 24.9 Å². The molecule has 2 aliphatic heterocycles. The van der Waals surface area contributed by atoms with Crippen molar-refractivity contribution in [2.24, 2.45) is 5.92 Å². The number of carbonyl (C=O) groups excluding carboxylic acids is 2. The second-order valence-electron chi connectivity index (χ2n) is 5.90. The van der Waals surface area contributed by atoms with E-state index in [-0.39, 0.29) is 18.4 Å². The van der Waals surface area contributed by atoms with Crippen LogP contribution in [0.2, 0.25) is 0 Å². The van der Waals surface area contributed by atoms with Crippen LogP contribution in [0, 0.1) is 5.92 Å². The molecule has 0 saturated carbocycles. The van der Waals surface area contributed by atoms with Gasteiger partial charge in [0, 0.05) is 32.6 Å². The summed E-state index contributed by atoms with van der Waals surface area (Å²) in [7, 11) is 0. The highest BCUT2D eigenvalue weighted by Gasteiger charge is 2.44. The molecule has 5 atom stereocenters. The number of aliphatic hydroxyl groups excluding tert-OH is 3. The van der Waals surface area contributed by atoms with Gasteiger partial charge in [0.2, 0.25) is 11.8 Å². The average Bonchev–Trinajstić information content (AvgIpc) is 2.54. The number of ether oxygens (including phenoxy) is 2. The Labute approximate surface area is 134 Å². The van der Waals surface area contributed by atoms with Crippen LogP contribution in [-0.2, 0) is 19.1 Å². The number of carbonyl (C=O) groups is 2. The van der Waals surface area contributed by atoms with E-state index in [1.807, 2.05) is 0 Å². The molecule has 5 N–H and O–H groups in total. The lowest BCUT2D eigenvalue weighted by Gasteiger charge is -2.41. The Morgan fingerprint density at radius 2 is 1.78 bits per heavy atom. The van der Waals surface area contributed by atoms with E-state index in [1.54, 1.807) is 0 Å². The normalized spacial score (nSPS) is 35.6. The largest absolute Gasteiger partial charge is 0.388 e. The van der Waals surface area contributed by atoms with Crippen molar-refractivity contribution in [1.29, 1.82) is 0 Å². The van der Waals surface area contributed by atoms with Gasteiger partial charge >= 0.3 is 0 Å². The Kier molecular flexibility index (Phi) is 6.31. The highest BCUT2D eigenvalue weighted by molar-refractivity contribution is 5.78. The molecule has 9 nitrogen and oxygen atoms in total. The van der Waals surface area contributed by atoms with Crippen molar-refractivity contribution in [3.05, 3.63) is 0 Å². The molecule has 1 unspecified atom stereocenters. The van der Waals surface area contributed by atoms with E-state index in [2.05, 4.69) is 10.6 Å². The quantitative estimate of drug-likeness (QED) is 0.383. The van der Waals surface area contributed by atoms with Crippen molar-refractivity contribution in [3.8, 4) is 0 Å². The summed E-state index contributed by atoms with van der Waals surface area (Å²) in [6, 6.07) is -1.12. The monoisotopic (exact) mass is 332 g/mol. The van der Waals surface area contributed by atoms with Crippen molar-refractivity contribution in [2.45, 2.75) is 50.4 Å². The zero-order valence-corrected chi connectivity index (χ0v) is 13.0. The third kappa shape index (κ3) is 4.61. The maximum atomic E-state index is 12.0. The molecule has 0 aromatic carbocycles. The molecule has 0 aromatic heterocycles. The summed E-state index contributed by atoms with van der Waals surface area (Å²) in [6.45, 7) is 2.26. The minimum absolute atomic E-state index is 0.0434. The topological polar surface area (TPSA) is 137 Å². The standard InChI is InChI=1S/C14H24N2O7/c1-7(17)16-10-12(19)11(18)9(23-14(10)21)6-15-13(20)8-2-4-22-5-3-8/h8-12,14,18-19,21H,2-6H2,1H3,(H,15,20)(H,16,17)/t9-,10-,11+,12?,14-/m1/s1. The van der Waals surface area contributed by atoms with E-state index in [0.29, 0.717) is 26.1 Å². The van der Waals surface area contributed by atoms with Gasteiger partial charge in [0.1, 0.15) is 24.4 Å². The first-order chi connectivity index (χ1) is 10.9. The fourth-order valence-corrected chi connectivity index (χ4v) is 2.81. The van der Waals surface area contributed by atoms with Gasteiger partial charge in [-0.15, -0.1) is 0 Å². The minimum atomic E-state index is -1.47. The molecule has 0 aromatic rings. The molecule has 0 bridgehead atoms. The molecular formula is C14H24N2O7. The summed E-state index contributed by atoms with van der Waals surface area (Å²) in [4.78, 5) is 23.1. The Balaban J connectivity index is 1.86. The lowest BCUT2D eigenvalue weighted by Crippen LogP contribution is -2.65. The third-order valence-electron chi connectivity index (χ3n) is 4.16. The second kappa shape index (κ2) is 8.02. The van der Waals surface area contributed by atoms with E-state index >= 15 is 0 Å². The molecular weight excluding hydrogens is 308 g/mol. The van der Waals surface area contributed by atoms with Gasteiger partial charge in [-0.2, -0.15) is 0 Å². The summed E-state index contributed by atoms with van der Waals surface area (Å²) in [5.74, 6) is -0.779. The molecule has 132 valence electrons. The van der Waals surface area contributed by atoms with Crippen LogP contribution in [0.25, 0.3) is 0 Å². The summed E-state index contributed by atoms with van der Waals surface area (Å²) >= 11 is 0. The first-order valence-corrected chi connectivity index (χ1v) is 7.72. The van der Waals surface area contributed by atoms with Crippen LogP contribution in [0.3, 0.4) is 0 Å². The van der Waals surface area contributed by atoms with Gasteiger partial charge < -0.3 is 35.4 Å². The van der Waals surface area contributed by atoms with Crippen molar-refractivity contribution in [3.63, 3.8) is 0 Å². The van der Waals surface area contributed by atoms with E-state index < -0.39 is 36.6 Å². The molecule has 2 saturated heterocycles. The van der Waals surface area contributed by atoms with E-state index in [1.165, 1.54) is 6.92 Å². The molecule has 0 aliphatic carbocycles. The van der Waals surface area contributed by atoms with Gasteiger partial charge in [0.15, 0.2) is 6.29 Å². The number of aliphatic hydroxyl groups is 3. The van der Waals surface area contributed by atoms with Gasteiger partial charge in [-0.3, -0.25) is 9.59 Å².